The number of alkyl halides is 3. The summed E-state index contributed by atoms with van der Waals surface area (Å²) in [7, 11) is 0. The van der Waals surface area contributed by atoms with E-state index < -0.39 is 11.9 Å². The largest absolute Gasteiger partial charge is 0.434 e. The fraction of sp³-hybridized carbons (Fsp3) is 0.200. The maximum absolute atomic E-state index is 12.0. The molecule has 0 fully saturated rings. The van der Waals surface area contributed by atoms with E-state index in [-0.39, 0.29) is 4.88 Å². The first kappa shape index (κ1) is 8.98. The van der Waals surface area contributed by atoms with Gasteiger partial charge in [0.1, 0.15) is 0 Å². The Balaban J connectivity index is 3.07. The molecular weight excluding hydrogens is 193 g/mol. The van der Waals surface area contributed by atoms with Gasteiger partial charge in [0.2, 0.25) is 0 Å². The van der Waals surface area contributed by atoms with Crippen molar-refractivity contribution in [3.8, 4) is 0 Å². The molecule has 0 radical (unpaired) electrons. The Morgan fingerprint density at radius 3 is 2.75 bits per heavy atom. The third-order valence-electron chi connectivity index (χ3n) is 1.04. The van der Waals surface area contributed by atoms with Gasteiger partial charge in [-0.05, 0) is 0 Å². The van der Waals surface area contributed by atoms with Crippen molar-refractivity contribution in [1.82, 2.24) is 4.98 Å². The predicted molar refractivity (Wildman–Crippen MR) is 36.5 cm³/mol. The van der Waals surface area contributed by atoms with Gasteiger partial charge in [0.25, 0.3) is 0 Å². The SMILES string of the molecule is O/N=C/c1scnc1C(F)(F)F. The molecule has 7 heteroatoms. The molecule has 3 nitrogen and oxygen atoms in total. The van der Waals surface area contributed by atoms with Crippen LogP contribution in [0.3, 0.4) is 0 Å². The van der Waals surface area contributed by atoms with Crippen molar-refractivity contribution in [1.29, 1.82) is 0 Å². The molecule has 0 aliphatic heterocycles. The van der Waals surface area contributed by atoms with Gasteiger partial charge in [-0.1, -0.05) is 5.16 Å². The van der Waals surface area contributed by atoms with Crippen LogP contribution >= 0.6 is 11.3 Å². The highest BCUT2D eigenvalue weighted by molar-refractivity contribution is 7.11. The lowest BCUT2D eigenvalue weighted by Gasteiger charge is -2.01. The molecule has 12 heavy (non-hydrogen) atoms. The molecule has 0 aliphatic carbocycles. The molecule has 1 N–H and O–H groups in total. The van der Waals surface area contributed by atoms with Crippen molar-refractivity contribution in [2.75, 3.05) is 0 Å². The maximum Gasteiger partial charge on any atom is 0.434 e. The second-order valence-electron chi connectivity index (χ2n) is 1.81. The normalized spacial score (nSPS) is 12.6. The summed E-state index contributed by atoms with van der Waals surface area (Å²) in [4.78, 5) is 2.89. The van der Waals surface area contributed by atoms with Crippen LogP contribution in [-0.4, -0.2) is 16.4 Å². The van der Waals surface area contributed by atoms with Crippen molar-refractivity contribution in [2.24, 2.45) is 5.16 Å². The summed E-state index contributed by atoms with van der Waals surface area (Å²) < 4.78 is 36.0. The third-order valence-corrected chi connectivity index (χ3v) is 1.80. The molecule has 0 saturated carbocycles. The highest BCUT2D eigenvalue weighted by atomic mass is 32.1. The minimum atomic E-state index is -4.49. The quantitative estimate of drug-likeness (QED) is 0.424. The van der Waals surface area contributed by atoms with E-state index in [1.54, 1.807) is 0 Å². The molecule has 0 bridgehead atoms. The van der Waals surface area contributed by atoms with Gasteiger partial charge in [-0.15, -0.1) is 11.3 Å². The van der Waals surface area contributed by atoms with Crippen LogP contribution in [0.2, 0.25) is 0 Å². The second-order valence-corrected chi connectivity index (χ2v) is 2.69. The molecule has 0 amide bonds. The number of rotatable bonds is 1. The summed E-state index contributed by atoms with van der Waals surface area (Å²) in [6.07, 6.45) is -3.78. The molecule has 1 heterocycles. The number of hydrogen-bond donors (Lipinski definition) is 1. The van der Waals surface area contributed by atoms with Crippen molar-refractivity contribution in [3.63, 3.8) is 0 Å². The lowest BCUT2D eigenvalue weighted by Crippen LogP contribution is -2.07. The minimum absolute atomic E-state index is 0.204. The van der Waals surface area contributed by atoms with Gasteiger partial charge >= 0.3 is 6.18 Å². The van der Waals surface area contributed by atoms with Gasteiger partial charge in [-0.2, -0.15) is 13.2 Å². The maximum atomic E-state index is 12.0. The number of halogens is 3. The summed E-state index contributed by atoms with van der Waals surface area (Å²) in [5.41, 5.74) is 0.0186. The summed E-state index contributed by atoms with van der Waals surface area (Å²) in [5, 5.41) is 10.5. The highest BCUT2D eigenvalue weighted by Crippen LogP contribution is 2.31. The van der Waals surface area contributed by atoms with Gasteiger partial charge in [-0.3, -0.25) is 0 Å². The fourth-order valence-corrected chi connectivity index (χ4v) is 1.27. The number of oxime groups is 1. The Morgan fingerprint density at radius 1 is 1.58 bits per heavy atom. The molecule has 0 atom stereocenters. The summed E-state index contributed by atoms with van der Waals surface area (Å²) in [5.74, 6) is 0. The Kier molecular flexibility index (Phi) is 2.32. The van der Waals surface area contributed by atoms with Crippen LogP contribution in [0.15, 0.2) is 10.7 Å². The van der Waals surface area contributed by atoms with E-state index in [2.05, 4.69) is 10.1 Å². The van der Waals surface area contributed by atoms with E-state index in [0.717, 1.165) is 16.8 Å². The number of hydrogen-bond acceptors (Lipinski definition) is 4. The Bertz CT molecular complexity index is 293. The summed E-state index contributed by atoms with van der Waals surface area (Å²) >= 11 is 0.761. The molecule has 0 saturated heterocycles. The first-order valence-electron chi connectivity index (χ1n) is 2.74. The van der Waals surface area contributed by atoms with E-state index in [0.29, 0.717) is 6.21 Å². The molecule has 0 aliphatic rings. The smallest absolute Gasteiger partial charge is 0.411 e. The Hall–Kier alpha value is -1.11. The van der Waals surface area contributed by atoms with Crippen LogP contribution in [0, 0.1) is 0 Å². The van der Waals surface area contributed by atoms with Gasteiger partial charge in [0.15, 0.2) is 5.69 Å². The summed E-state index contributed by atoms with van der Waals surface area (Å²) in [6, 6.07) is 0. The van der Waals surface area contributed by atoms with Gasteiger partial charge in [0.05, 0.1) is 16.6 Å². The van der Waals surface area contributed by atoms with Crippen molar-refractivity contribution < 1.29 is 18.4 Å². The third kappa shape index (κ3) is 1.73. The predicted octanol–water partition coefficient (Wildman–Crippen LogP) is 1.97. The molecule has 1 aromatic heterocycles. The average Bonchev–Trinajstić information content (AvgIpc) is 2.34. The standard InChI is InChI=1S/C5H3F3N2OS/c6-5(7,8)4-3(1-10-11)12-2-9-4/h1-2,11H/b10-1+. The van der Waals surface area contributed by atoms with Crippen LogP contribution in [0.4, 0.5) is 13.2 Å². The van der Waals surface area contributed by atoms with Gasteiger partial charge < -0.3 is 5.21 Å². The zero-order valence-electron chi connectivity index (χ0n) is 5.54. The van der Waals surface area contributed by atoms with E-state index >= 15 is 0 Å². The van der Waals surface area contributed by atoms with Crippen LogP contribution in [-0.2, 0) is 6.18 Å². The minimum Gasteiger partial charge on any atom is -0.411 e. The lowest BCUT2D eigenvalue weighted by molar-refractivity contribution is -0.140. The number of thiazole rings is 1. The Morgan fingerprint density at radius 2 is 2.25 bits per heavy atom. The van der Waals surface area contributed by atoms with Crippen molar-refractivity contribution in [2.45, 2.75) is 6.18 Å². The Labute approximate surface area is 69.2 Å². The van der Waals surface area contributed by atoms with Crippen molar-refractivity contribution >= 4 is 17.6 Å². The number of nitrogens with zero attached hydrogens (tertiary/aromatic N) is 2. The first-order chi connectivity index (χ1) is 5.55. The molecule has 1 aromatic rings. The van der Waals surface area contributed by atoms with Gasteiger partial charge in [0, 0.05) is 0 Å². The molecule has 66 valence electrons. The summed E-state index contributed by atoms with van der Waals surface area (Å²) in [6.45, 7) is 0. The van der Waals surface area contributed by atoms with E-state index in [4.69, 9.17) is 5.21 Å². The van der Waals surface area contributed by atoms with Gasteiger partial charge in [-0.25, -0.2) is 4.98 Å². The molecule has 1 rings (SSSR count). The lowest BCUT2D eigenvalue weighted by atomic mass is 10.4. The molecular formula is C5H3F3N2OS. The van der Waals surface area contributed by atoms with E-state index in [9.17, 15) is 13.2 Å². The fourth-order valence-electron chi connectivity index (χ4n) is 0.612. The zero-order chi connectivity index (χ0) is 9.19. The molecule has 0 spiro atoms. The van der Waals surface area contributed by atoms with E-state index in [1.807, 2.05) is 0 Å². The molecule has 0 unspecified atom stereocenters. The van der Waals surface area contributed by atoms with Crippen molar-refractivity contribution in [3.05, 3.63) is 16.1 Å². The van der Waals surface area contributed by atoms with Crippen LogP contribution in [0.1, 0.15) is 10.6 Å². The van der Waals surface area contributed by atoms with Crippen LogP contribution < -0.4 is 0 Å². The van der Waals surface area contributed by atoms with E-state index in [1.165, 1.54) is 0 Å². The monoisotopic (exact) mass is 196 g/mol. The average molecular weight is 196 g/mol. The van der Waals surface area contributed by atoms with Crippen LogP contribution in [0.5, 0.6) is 0 Å². The zero-order valence-corrected chi connectivity index (χ0v) is 6.35. The topological polar surface area (TPSA) is 45.5 Å². The number of aromatic nitrogens is 1. The first-order valence-corrected chi connectivity index (χ1v) is 3.62. The van der Waals surface area contributed by atoms with Crippen LogP contribution in [0.25, 0.3) is 0 Å². The highest BCUT2D eigenvalue weighted by Gasteiger charge is 2.35. The molecule has 0 aromatic carbocycles. The second kappa shape index (κ2) is 3.10.